The van der Waals surface area contributed by atoms with Crippen LogP contribution >= 0.6 is 11.6 Å². The maximum atomic E-state index is 12.8. The highest BCUT2D eigenvalue weighted by atomic mass is 35.5. The molecule has 8 heteroatoms. The smallest absolute Gasteiger partial charge is 0.417 e. The molecule has 0 amide bonds. The lowest BCUT2D eigenvalue weighted by atomic mass is 10.0. The Morgan fingerprint density at radius 3 is 1.78 bits per heavy atom. The predicted molar refractivity (Wildman–Crippen MR) is 140 cm³/mol. The fourth-order valence-electron chi connectivity index (χ4n) is 3.48. The lowest BCUT2D eigenvalue weighted by Crippen LogP contribution is -2.20. The molecular weight excluding hydrogens is 489 g/mol. The van der Waals surface area contributed by atoms with Gasteiger partial charge in [0.1, 0.15) is 11.5 Å². The molecule has 0 radical (unpaired) electrons. The number of benzene rings is 3. The van der Waals surface area contributed by atoms with Crippen LogP contribution in [0.3, 0.4) is 0 Å². The molecule has 2 atom stereocenters. The molecule has 0 aliphatic rings. The van der Waals surface area contributed by atoms with Gasteiger partial charge in [-0.05, 0) is 65.4 Å². The second-order valence-electron chi connectivity index (χ2n) is 8.49. The molecule has 2 unspecified atom stereocenters. The average Bonchev–Trinajstić information content (AvgIpc) is 2.89. The maximum Gasteiger partial charge on any atom is 0.417 e. The van der Waals surface area contributed by atoms with E-state index in [1.54, 1.807) is 20.3 Å². The van der Waals surface area contributed by atoms with E-state index in [0.717, 1.165) is 23.1 Å². The Morgan fingerprint density at radius 2 is 1.33 bits per heavy atom. The minimum Gasteiger partial charge on any atom is -0.497 e. The van der Waals surface area contributed by atoms with Gasteiger partial charge in [-0.2, -0.15) is 13.2 Å². The SMILES string of the molecule is COc1ccc(C(C)CN)cc1.COc1ccc(C(C)CNCc2cccc(C(F)(F)F)c2Cl)cc1. The van der Waals surface area contributed by atoms with Crippen molar-refractivity contribution in [1.29, 1.82) is 0 Å². The van der Waals surface area contributed by atoms with Gasteiger partial charge in [0.25, 0.3) is 0 Å². The van der Waals surface area contributed by atoms with E-state index in [-0.39, 0.29) is 17.5 Å². The van der Waals surface area contributed by atoms with Gasteiger partial charge >= 0.3 is 6.18 Å². The highest BCUT2D eigenvalue weighted by Gasteiger charge is 2.33. The van der Waals surface area contributed by atoms with Crippen molar-refractivity contribution in [2.24, 2.45) is 5.73 Å². The molecule has 0 fully saturated rings. The van der Waals surface area contributed by atoms with Gasteiger partial charge in [-0.3, -0.25) is 0 Å². The molecule has 36 heavy (non-hydrogen) atoms. The number of ether oxygens (including phenoxy) is 2. The number of rotatable bonds is 9. The number of halogens is 4. The summed E-state index contributed by atoms with van der Waals surface area (Å²) in [4.78, 5) is 0. The van der Waals surface area contributed by atoms with Gasteiger partial charge in [-0.1, -0.05) is 61.8 Å². The minimum atomic E-state index is -4.44. The second-order valence-corrected chi connectivity index (χ2v) is 8.87. The van der Waals surface area contributed by atoms with Crippen molar-refractivity contribution in [3.05, 3.63) is 94.0 Å². The van der Waals surface area contributed by atoms with E-state index in [0.29, 0.717) is 24.6 Å². The Balaban J connectivity index is 0.000000319. The van der Waals surface area contributed by atoms with Crippen LogP contribution < -0.4 is 20.5 Å². The summed E-state index contributed by atoms with van der Waals surface area (Å²) in [6, 6.07) is 19.7. The lowest BCUT2D eigenvalue weighted by Gasteiger charge is -2.16. The highest BCUT2D eigenvalue weighted by molar-refractivity contribution is 6.32. The summed E-state index contributed by atoms with van der Waals surface area (Å²) >= 11 is 5.89. The van der Waals surface area contributed by atoms with E-state index < -0.39 is 11.7 Å². The zero-order valence-corrected chi connectivity index (χ0v) is 21.8. The van der Waals surface area contributed by atoms with E-state index in [1.165, 1.54) is 11.6 Å². The van der Waals surface area contributed by atoms with Gasteiger partial charge in [0.2, 0.25) is 0 Å². The van der Waals surface area contributed by atoms with Crippen LogP contribution in [0.2, 0.25) is 5.02 Å². The molecule has 0 saturated heterocycles. The third-order valence-electron chi connectivity index (χ3n) is 5.87. The van der Waals surface area contributed by atoms with Crippen LogP contribution in [0.4, 0.5) is 13.2 Å². The van der Waals surface area contributed by atoms with Gasteiger partial charge in [0, 0.05) is 13.1 Å². The molecule has 0 aromatic heterocycles. The summed E-state index contributed by atoms with van der Waals surface area (Å²) in [5.74, 6) is 2.31. The number of hydrogen-bond acceptors (Lipinski definition) is 4. The highest BCUT2D eigenvalue weighted by Crippen LogP contribution is 2.36. The first-order valence-corrected chi connectivity index (χ1v) is 12.0. The van der Waals surface area contributed by atoms with E-state index in [4.69, 9.17) is 26.8 Å². The van der Waals surface area contributed by atoms with Crippen LogP contribution in [0.15, 0.2) is 66.7 Å². The summed E-state index contributed by atoms with van der Waals surface area (Å²) in [6.45, 7) is 5.75. The molecule has 3 aromatic rings. The summed E-state index contributed by atoms with van der Waals surface area (Å²) in [5.41, 5.74) is 7.57. The van der Waals surface area contributed by atoms with Crippen LogP contribution in [0.25, 0.3) is 0 Å². The maximum absolute atomic E-state index is 12.8. The van der Waals surface area contributed by atoms with Gasteiger partial charge in [-0.15, -0.1) is 0 Å². The Hall–Kier alpha value is -2.74. The van der Waals surface area contributed by atoms with Crippen LogP contribution in [0, 0.1) is 0 Å². The first-order chi connectivity index (χ1) is 17.1. The van der Waals surface area contributed by atoms with Crippen molar-refractivity contribution in [2.45, 2.75) is 38.4 Å². The fraction of sp³-hybridized carbons (Fsp3) is 0.357. The van der Waals surface area contributed by atoms with Crippen molar-refractivity contribution in [3.8, 4) is 11.5 Å². The number of hydrogen-bond donors (Lipinski definition) is 2. The van der Waals surface area contributed by atoms with Gasteiger partial charge in [-0.25, -0.2) is 0 Å². The Morgan fingerprint density at radius 1 is 0.833 bits per heavy atom. The largest absolute Gasteiger partial charge is 0.497 e. The van der Waals surface area contributed by atoms with E-state index >= 15 is 0 Å². The third kappa shape index (κ3) is 8.73. The summed E-state index contributed by atoms with van der Waals surface area (Å²) in [6.07, 6.45) is -4.44. The predicted octanol–water partition coefficient (Wildman–Crippen LogP) is 7.02. The quantitative estimate of drug-likeness (QED) is 0.317. The van der Waals surface area contributed by atoms with Gasteiger partial charge in [0.15, 0.2) is 0 Å². The Kier molecular flexibility index (Phi) is 11.6. The van der Waals surface area contributed by atoms with Crippen molar-refractivity contribution in [2.75, 3.05) is 27.3 Å². The monoisotopic (exact) mass is 522 g/mol. The summed E-state index contributed by atoms with van der Waals surface area (Å²) < 4.78 is 48.7. The molecule has 0 heterocycles. The summed E-state index contributed by atoms with van der Waals surface area (Å²) in [5, 5.41) is 2.92. The fourth-order valence-corrected chi connectivity index (χ4v) is 3.78. The van der Waals surface area contributed by atoms with Crippen molar-refractivity contribution >= 4 is 11.6 Å². The topological polar surface area (TPSA) is 56.5 Å². The number of alkyl halides is 3. The lowest BCUT2D eigenvalue weighted by molar-refractivity contribution is -0.137. The molecule has 4 nitrogen and oxygen atoms in total. The third-order valence-corrected chi connectivity index (χ3v) is 6.32. The van der Waals surface area contributed by atoms with Crippen molar-refractivity contribution in [1.82, 2.24) is 5.32 Å². The standard InChI is InChI=1S/C18H19ClF3NO.C10H15NO/c1-12(13-6-8-15(24-2)9-7-13)10-23-11-14-4-3-5-16(17(14)19)18(20,21)22;1-8(7-11)9-3-5-10(12-2)6-4-9/h3-9,12,23H,10-11H2,1-2H3;3-6,8H,7,11H2,1-2H3. The number of nitrogens with one attached hydrogen (secondary N) is 1. The van der Waals surface area contributed by atoms with E-state index in [2.05, 4.69) is 24.4 Å². The van der Waals surface area contributed by atoms with Crippen molar-refractivity contribution in [3.63, 3.8) is 0 Å². The zero-order valence-electron chi connectivity index (χ0n) is 21.0. The van der Waals surface area contributed by atoms with Crippen molar-refractivity contribution < 1.29 is 22.6 Å². The normalized spacial score (nSPS) is 12.8. The molecule has 3 aromatic carbocycles. The molecule has 0 spiro atoms. The van der Waals surface area contributed by atoms with Crippen LogP contribution in [-0.2, 0) is 12.7 Å². The van der Waals surface area contributed by atoms with Crippen LogP contribution in [-0.4, -0.2) is 27.3 Å². The van der Waals surface area contributed by atoms with Gasteiger partial charge < -0.3 is 20.5 Å². The number of methoxy groups -OCH3 is 2. The molecule has 196 valence electrons. The minimum absolute atomic E-state index is 0.209. The van der Waals surface area contributed by atoms with E-state index in [9.17, 15) is 13.2 Å². The van der Waals surface area contributed by atoms with Gasteiger partial charge in [0.05, 0.1) is 24.8 Å². The molecule has 0 bridgehead atoms. The first-order valence-electron chi connectivity index (χ1n) is 11.6. The molecular formula is C28H34ClF3N2O2. The molecule has 3 rings (SSSR count). The second kappa shape index (κ2) is 14.1. The van der Waals surface area contributed by atoms with Crippen LogP contribution in [0.5, 0.6) is 11.5 Å². The first kappa shape index (κ1) is 29.5. The molecule has 0 aliphatic heterocycles. The Labute approximate surface area is 216 Å². The molecule has 0 aliphatic carbocycles. The zero-order chi connectivity index (χ0) is 26.7. The molecule has 0 saturated carbocycles. The number of nitrogens with two attached hydrogens (primary N) is 1. The van der Waals surface area contributed by atoms with E-state index in [1.807, 2.05) is 43.3 Å². The summed E-state index contributed by atoms with van der Waals surface area (Å²) in [7, 11) is 3.28. The Bertz CT molecular complexity index is 1060. The van der Waals surface area contributed by atoms with Crippen LogP contribution in [0.1, 0.15) is 47.9 Å². The average molecular weight is 523 g/mol. The molecule has 3 N–H and O–H groups in total.